The molecule has 0 radical (unpaired) electrons. The highest BCUT2D eigenvalue weighted by molar-refractivity contribution is 5.57. The van der Waals surface area contributed by atoms with Gasteiger partial charge in [-0.15, -0.1) is 0 Å². The molecule has 7 heteroatoms. The molecule has 112 valence electrons. The predicted molar refractivity (Wildman–Crippen MR) is 75.5 cm³/mol. The normalized spacial score (nSPS) is 11.2. The molecule has 1 aromatic carbocycles. The fourth-order valence-electron chi connectivity index (χ4n) is 1.65. The molecule has 0 aliphatic rings. The molecule has 4 nitrogen and oxygen atoms in total. The molecule has 0 aliphatic carbocycles. The maximum atomic E-state index is 12.5. The van der Waals surface area contributed by atoms with Crippen molar-refractivity contribution in [1.82, 2.24) is 9.97 Å². The van der Waals surface area contributed by atoms with E-state index in [0.29, 0.717) is 17.3 Å². The molecule has 1 heterocycles. The third-order valence-corrected chi connectivity index (χ3v) is 2.68. The van der Waals surface area contributed by atoms with Gasteiger partial charge in [0.1, 0.15) is 5.82 Å². The van der Waals surface area contributed by atoms with E-state index in [1.807, 2.05) is 6.92 Å². The Morgan fingerprint density at radius 1 is 1.05 bits per heavy atom. The second-order valence-corrected chi connectivity index (χ2v) is 4.42. The van der Waals surface area contributed by atoms with Crippen LogP contribution in [0.1, 0.15) is 18.9 Å². The van der Waals surface area contributed by atoms with Crippen molar-refractivity contribution in [2.75, 3.05) is 17.2 Å². The van der Waals surface area contributed by atoms with Gasteiger partial charge in [0.15, 0.2) is 5.82 Å². The van der Waals surface area contributed by atoms with Crippen molar-refractivity contribution in [2.45, 2.75) is 19.5 Å². The molecule has 0 spiro atoms. The molecule has 0 bridgehead atoms. The zero-order chi connectivity index (χ0) is 15.3. The Morgan fingerprint density at radius 3 is 2.33 bits per heavy atom. The van der Waals surface area contributed by atoms with Gasteiger partial charge in [0, 0.05) is 12.2 Å². The topological polar surface area (TPSA) is 49.8 Å². The highest BCUT2D eigenvalue weighted by Crippen LogP contribution is 2.30. The summed E-state index contributed by atoms with van der Waals surface area (Å²) in [5.41, 5.74) is -0.164. The molecular formula is C14H15F3N4. The summed E-state index contributed by atoms with van der Waals surface area (Å²) < 4.78 is 37.4. The Kier molecular flexibility index (Phi) is 4.62. The molecule has 2 N–H and O–H groups in total. The Morgan fingerprint density at radius 2 is 1.71 bits per heavy atom. The number of anilines is 3. The minimum absolute atomic E-state index is 0.468. The molecule has 0 unspecified atom stereocenters. The first-order valence-corrected chi connectivity index (χ1v) is 6.49. The number of rotatable bonds is 5. The molecule has 0 fully saturated rings. The minimum atomic E-state index is -4.33. The first kappa shape index (κ1) is 15.1. The Bertz CT molecular complexity index is 582. The van der Waals surface area contributed by atoms with Crippen LogP contribution >= 0.6 is 0 Å². The van der Waals surface area contributed by atoms with E-state index in [-0.39, 0.29) is 0 Å². The summed E-state index contributed by atoms with van der Waals surface area (Å²) in [4.78, 5) is 8.29. The number of benzene rings is 1. The number of hydrogen-bond donors (Lipinski definition) is 2. The van der Waals surface area contributed by atoms with Crippen LogP contribution in [0.3, 0.4) is 0 Å². The van der Waals surface area contributed by atoms with Crippen molar-refractivity contribution < 1.29 is 13.2 Å². The first-order chi connectivity index (χ1) is 9.99. The van der Waals surface area contributed by atoms with E-state index in [1.165, 1.54) is 18.3 Å². The maximum absolute atomic E-state index is 12.5. The zero-order valence-electron chi connectivity index (χ0n) is 11.4. The van der Waals surface area contributed by atoms with Gasteiger partial charge in [0.2, 0.25) is 0 Å². The lowest BCUT2D eigenvalue weighted by atomic mass is 10.2. The third-order valence-electron chi connectivity index (χ3n) is 2.68. The summed E-state index contributed by atoms with van der Waals surface area (Å²) in [6.45, 7) is 2.81. The molecule has 1 aromatic heterocycles. The van der Waals surface area contributed by atoms with Crippen molar-refractivity contribution in [3.8, 4) is 0 Å². The van der Waals surface area contributed by atoms with Gasteiger partial charge in [-0.3, -0.25) is 4.98 Å². The Balaban J connectivity index is 2.07. The van der Waals surface area contributed by atoms with Gasteiger partial charge in [-0.25, -0.2) is 4.98 Å². The Hall–Kier alpha value is -2.31. The first-order valence-electron chi connectivity index (χ1n) is 6.49. The fraction of sp³-hybridized carbons (Fsp3) is 0.286. The molecule has 0 atom stereocenters. The standard InChI is InChI=1S/C14H15F3N4/c1-2-7-19-12-8-18-9-13(21-12)20-11-5-3-10(4-6-11)14(15,16)17/h3-6,8-9H,2,7H2,1H3,(H2,19,20,21). The van der Waals surface area contributed by atoms with Crippen molar-refractivity contribution in [1.29, 1.82) is 0 Å². The van der Waals surface area contributed by atoms with Crippen molar-refractivity contribution in [3.05, 3.63) is 42.2 Å². The summed E-state index contributed by atoms with van der Waals surface area (Å²) in [6.07, 6.45) is -0.275. The maximum Gasteiger partial charge on any atom is 0.416 e. The average molecular weight is 296 g/mol. The van der Waals surface area contributed by atoms with E-state index in [9.17, 15) is 13.2 Å². The van der Waals surface area contributed by atoms with Crippen LogP contribution < -0.4 is 10.6 Å². The quantitative estimate of drug-likeness (QED) is 0.873. The largest absolute Gasteiger partial charge is 0.416 e. The number of nitrogens with one attached hydrogen (secondary N) is 2. The number of halogens is 3. The van der Waals surface area contributed by atoms with Crippen LogP contribution in [0.5, 0.6) is 0 Å². The minimum Gasteiger partial charge on any atom is -0.369 e. The van der Waals surface area contributed by atoms with Gasteiger partial charge >= 0.3 is 6.18 Å². The van der Waals surface area contributed by atoms with E-state index in [4.69, 9.17) is 0 Å². The van der Waals surface area contributed by atoms with E-state index in [2.05, 4.69) is 20.6 Å². The van der Waals surface area contributed by atoms with Gasteiger partial charge < -0.3 is 10.6 Å². The SMILES string of the molecule is CCCNc1cncc(Nc2ccc(C(F)(F)F)cc2)n1. The zero-order valence-corrected chi connectivity index (χ0v) is 11.4. The number of hydrogen-bond acceptors (Lipinski definition) is 4. The smallest absolute Gasteiger partial charge is 0.369 e. The van der Waals surface area contributed by atoms with Crippen molar-refractivity contribution >= 4 is 17.3 Å². The van der Waals surface area contributed by atoms with Gasteiger partial charge in [-0.05, 0) is 30.7 Å². The van der Waals surface area contributed by atoms with Gasteiger partial charge in [0.05, 0.1) is 18.0 Å². The molecule has 21 heavy (non-hydrogen) atoms. The van der Waals surface area contributed by atoms with Crippen LogP contribution in [-0.4, -0.2) is 16.5 Å². The summed E-state index contributed by atoms with van der Waals surface area (Å²) in [5.74, 6) is 1.09. The lowest BCUT2D eigenvalue weighted by molar-refractivity contribution is -0.137. The van der Waals surface area contributed by atoms with Crippen molar-refractivity contribution in [2.24, 2.45) is 0 Å². The van der Waals surface area contributed by atoms with Crippen LogP contribution in [0.4, 0.5) is 30.5 Å². The molecule has 0 saturated carbocycles. The lowest BCUT2D eigenvalue weighted by Gasteiger charge is -2.10. The lowest BCUT2D eigenvalue weighted by Crippen LogP contribution is -2.05. The van der Waals surface area contributed by atoms with E-state index >= 15 is 0 Å². The molecule has 2 rings (SSSR count). The summed E-state index contributed by atoms with van der Waals surface area (Å²) >= 11 is 0. The van der Waals surface area contributed by atoms with E-state index in [1.54, 1.807) is 6.20 Å². The second-order valence-electron chi connectivity index (χ2n) is 4.42. The van der Waals surface area contributed by atoms with Crippen LogP contribution in [0.15, 0.2) is 36.7 Å². The number of aromatic nitrogens is 2. The molecule has 0 saturated heterocycles. The van der Waals surface area contributed by atoms with E-state index in [0.717, 1.165) is 25.1 Å². The number of alkyl halides is 3. The average Bonchev–Trinajstić information content (AvgIpc) is 2.45. The van der Waals surface area contributed by atoms with Gasteiger partial charge in [-0.1, -0.05) is 6.92 Å². The predicted octanol–water partition coefficient (Wildman–Crippen LogP) is 4.06. The summed E-state index contributed by atoms with van der Waals surface area (Å²) in [7, 11) is 0. The monoisotopic (exact) mass is 296 g/mol. The number of nitrogens with zero attached hydrogens (tertiary/aromatic N) is 2. The molecular weight excluding hydrogens is 281 g/mol. The molecule has 0 amide bonds. The second kappa shape index (κ2) is 6.43. The van der Waals surface area contributed by atoms with Crippen LogP contribution in [-0.2, 0) is 6.18 Å². The third kappa shape index (κ3) is 4.34. The molecule has 2 aromatic rings. The summed E-state index contributed by atoms with van der Waals surface area (Å²) in [6, 6.07) is 4.76. The van der Waals surface area contributed by atoms with Gasteiger partial charge in [-0.2, -0.15) is 13.2 Å². The highest BCUT2D eigenvalue weighted by Gasteiger charge is 2.29. The van der Waals surface area contributed by atoms with Crippen LogP contribution in [0.25, 0.3) is 0 Å². The van der Waals surface area contributed by atoms with Gasteiger partial charge in [0.25, 0.3) is 0 Å². The van der Waals surface area contributed by atoms with E-state index < -0.39 is 11.7 Å². The Labute approximate surface area is 120 Å². The summed E-state index contributed by atoms with van der Waals surface area (Å²) in [5, 5.41) is 6.01. The fourth-order valence-corrected chi connectivity index (χ4v) is 1.65. The van der Waals surface area contributed by atoms with Crippen LogP contribution in [0, 0.1) is 0 Å². The molecule has 0 aliphatic heterocycles. The van der Waals surface area contributed by atoms with Crippen molar-refractivity contribution in [3.63, 3.8) is 0 Å². The highest BCUT2D eigenvalue weighted by atomic mass is 19.4. The van der Waals surface area contributed by atoms with Crippen LogP contribution in [0.2, 0.25) is 0 Å².